The molecule has 0 aliphatic carbocycles. The third-order valence-electron chi connectivity index (χ3n) is 3.43. The third kappa shape index (κ3) is 6.22. The SMILES string of the molecule is O=C(CCCC/C=C\c1ccccc1)Cc1ccccc1. The number of carbonyl (C=O) groups is 1. The fourth-order valence-electron chi connectivity index (χ4n) is 2.28. The summed E-state index contributed by atoms with van der Waals surface area (Å²) in [4.78, 5) is 11.8. The molecule has 0 saturated heterocycles. The molecular weight excluding hydrogens is 256 g/mol. The Kier molecular flexibility index (Phi) is 6.47. The molecule has 0 aliphatic heterocycles. The van der Waals surface area contributed by atoms with Crippen molar-refractivity contribution in [2.24, 2.45) is 0 Å². The van der Waals surface area contributed by atoms with E-state index in [1.165, 1.54) is 5.56 Å². The minimum atomic E-state index is 0.341. The Hall–Kier alpha value is -2.15. The Labute approximate surface area is 127 Å². The monoisotopic (exact) mass is 278 g/mol. The van der Waals surface area contributed by atoms with Gasteiger partial charge in [-0.05, 0) is 30.4 Å². The van der Waals surface area contributed by atoms with Crippen molar-refractivity contribution in [1.82, 2.24) is 0 Å². The highest BCUT2D eigenvalue weighted by Gasteiger charge is 2.02. The Morgan fingerprint density at radius 3 is 2.24 bits per heavy atom. The van der Waals surface area contributed by atoms with E-state index in [2.05, 4.69) is 24.3 Å². The van der Waals surface area contributed by atoms with E-state index in [4.69, 9.17) is 0 Å². The highest BCUT2D eigenvalue weighted by Crippen LogP contribution is 2.08. The van der Waals surface area contributed by atoms with E-state index in [1.54, 1.807) is 0 Å². The maximum atomic E-state index is 11.8. The number of carbonyl (C=O) groups excluding carboxylic acids is 1. The molecule has 108 valence electrons. The summed E-state index contributed by atoms with van der Waals surface area (Å²) in [6.07, 6.45) is 8.68. The van der Waals surface area contributed by atoms with E-state index < -0.39 is 0 Å². The smallest absolute Gasteiger partial charge is 0.137 e. The van der Waals surface area contributed by atoms with Crippen molar-refractivity contribution >= 4 is 11.9 Å². The molecule has 0 fully saturated rings. The first kappa shape index (κ1) is 15.2. The fourth-order valence-corrected chi connectivity index (χ4v) is 2.28. The van der Waals surface area contributed by atoms with E-state index in [0.717, 1.165) is 24.8 Å². The first-order chi connectivity index (χ1) is 10.3. The van der Waals surface area contributed by atoms with Gasteiger partial charge in [0, 0.05) is 12.8 Å². The van der Waals surface area contributed by atoms with E-state index in [1.807, 2.05) is 48.5 Å². The first-order valence-electron chi connectivity index (χ1n) is 7.62. The summed E-state index contributed by atoms with van der Waals surface area (Å²) in [5, 5.41) is 0. The van der Waals surface area contributed by atoms with Crippen LogP contribution in [-0.2, 0) is 11.2 Å². The van der Waals surface area contributed by atoms with Crippen LogP contribution in [0.15, 0.2) is 66.7 Å². The lowest BCUT2D eigenvalue weighted by Gasteiger charge is -2.00. The number of unbranched alkanes of at least 4 members (excludes halogenated alkanes) is 2. The van der Waals surface area contributed by atoms with Gasteiger partial charge in [-0.1, -0.05) is 72.8 Å². The van der Waals surface area contributed by atoms with Crippen molar-refractivity contribution in [1.29, 1.82) is 0 Å². The number of Topliss-reactive ketones (excluding diaryl/α,β-unsaturated/α-hetero) is 1. The standard InChI is InChI=1S/C20H22O/c21-20(17-19-14-8-4-9-15-19)16-10-2-1-5-11-18-12-6-3-7-13-18/h3-9,11-15H,1-2,10,16-17H2/b11-5-. The van der Waals surface area contributed by atoms with Gasteiger partial charge in [-0.2, -0.15) is 0 Å². The molecule has 0 bridgehead atoms. The minimum Gasteiger partial charge on any atom is -0.299 e. The van der Waals surface area contributed by atoms with Crippen molar-refractivity contribution in [3.05, 3.63) is 77.9 Å². The average molecular weight is 278 g/mol. The molecule has 1 nitrogen and oxygen atoms in total. The van der Waals surface area contributed by atoms with Crippen LogP contribution in [0.4, 0.5) is 0 Å². The lowest BCUT2D eigenvalue weighted by Crippen LogP contribution is -2.02. The molecule has 0 atom stereocenters. The van der Waals surface area contributed by atoms with Crippen molar-refractivity contribution in [3.63, 3.8) is 0 Å². The van der Waals surface area contributed by atoms with Crippen LogP contribution >= 0.6 is 0 Å². The number of rotatable bonds is 8. The number of hydrogen-bond donors (Lipinski definition) is 0. The van der Waals surface area contributed by atoms with Crippen LogP contribution in [-0.4, -0.2) is 5.78 Å². The molecule has 21 heavy (non-hydrogen) atoms. The van der Waals surface area contributed by atoms with Crippen LogP contribution in [0.2, 0.25) is 0 Å². The summed E-state index contributed by atoms with van der Waals surface area (Å²) < 4.78 is 0. The quantitative estimate of drug-likeness (QED) is 0.616. The van der Waals surface area contributed by atoms with Crippen LogP contribution in [0.25, 0.3) is 6.08 Å². The topological polar surface area (TPSA) is 17.1 Å². The highest BCUT2D eigenvalue weighted by atomic mass is 16.1. The summed E-state index contributed by atoms with van der Waals surface area (Å²) in [6, 6.07) is 20.3. The Bertz CT molecular complexity index is 555. The minimum absolute atomic E-state index is 0.341. The fraction of sp³-hybridized carbons (Fsp3) is 0.250. The molecule has 2 rings (SSSR count). The second-order valence-corrected chi connectivity index (χ2v) is 5.26. The van der Waals surface area contributed by atoms with Gasteiger partial charge < -0.3 is 0 Å². The summed E-state index contributed by atoms with van der Waals surface area (Å²) in [6.45, 7) is 0. The van der Waals surface area contributed by atoms with E-state index >= 15 is 0 Å². The van der Waals surface area contributed by atoms with Gasteiger partial charge in [-0.25, -0.2) is 0 Å². The van der Waals surface area contributed by atoms with Crippen molar-refractivity contribution < 1.29 is 4.79 Å². The number of benzene rings is 2. The predicted octanol–water partition coefficient (Wildman–Crippen LogP) is 5.07. The van der Waals surface area contributed by atoms with Crippen molar-refractivity contribution in [2.45, 2.75) is 32.1 Å². The molecule has 0 saturated carbocycles. The van der Waals surface area contributed by atoms with Crippen LogP contribution in [0.5, 0.6) is 0 Å². The van der Waals surface area contributed by atoms with Gasteiger partial charge in [0.05, 0.1) is 0 Å². The second-order valence-electron chi connectivity index (χ2n) is 5.26. The molecule has 0 N–H and O–H groups in total. The molecule has 0 radical (unpaired) electrons. The molecule has 2 aromatic rings. The molecule has 0 aromatic heterocycles. The predicted molar refractivity (Wildman–Crippen MR) is 89.1 cm³/mol. The van der Waals surface area contributed by atoms with E-state index in [0.29, 0.717) is 18.6 Å². The van der Waals surface area contributed by atoms with Crippen molar-refractivity contribution in [3.8, 4) is 0 Å². The molecule has 0 amide bonds. The highest BCUT2D eigenvalue weighted by molar-refractivity contribution is 5.80. The molecule has 0 unspecified atom stereocenters. The van der Waals surface area contributed by atoms with Gasteiger partial charge in [0.2, 0.25) is 0 Å². The number of hydrogen-bond acceptors (Lipinski definition) is 1. The lowest BCUT2D eigenvalue weighted by atomic mass is 10.0. The molecule has 0 heterocycles. The molecule has 0 spiro atoms. The normalized spacial score (nSPS) is 10.9. The molecule has 2 aromatic carbocycles. The molecule has 0 aliphatic rings. The van der Waals surface area contributed by atoms with Gasteiger partial charge in [0.25, 0.3) is 0 Å². The van der Waals surface area contributed by atoms with Gasteiger partial charge in [-0.15, -0.1) is 0 Å². The Morgan fingerprint density at radius 2 is 1.52 bits per heavy atom. The van der Waals surface area contributed by atoms with Crippen LogP contribution < -0.4 is 0 Å². The number of ketones is 1. The maximum Gasteiger partial charge on any atom is 0.137 e. The van der Waals surface area contributed by atoms with E-state index in [-0.39, 0.29) is 0 Å². The Balaban J connectivity index is 1.59. The van der Waals surface area contributed by atoms with Crippen LogP contribution in [0, 0.1) is 0 Å². The zero-order chi connectivity index (χ0) is 14.8. The maximum absolute atomic E-state index is 11.8. The van der Waals surface area contributed by atoms with Gasteiger partial charge in [0.15, 0.2) is 0 Å². The summed E-state index contributed by atoms with van der Waals surface area (Å²) in [5.41, 5.74) is 2.35. The third-order valence-corrected chi connectivity index (χ3v) is 3.43. The zero-order valence-corrected chi connectivity index (χ0v) is 12.4. The molecule has 1 heteroatoms. The largest absolute Gasteiger partial charge is 0.299 e. The summed E-state index contributed by atoms with van der Waals surface area (Å²) in [7, 11) is 0. The average Bonchev–Trinajstić information content (AvgIpc) is 2.53. The zero-order valence-electron chi connectivity index (χ0n) is 12.4. The number of allylic oxidation sites excluding steroid dienone is 1. The summed E-state index contributed by atoms with van der Waals surface area (Å²) >= 11 is 0. The lowest BCUT2D eigenvalue weighted by molar-refractivity contribution is -0.118. The Morgan fingerprint density at radius 1 is 0.857 bits per heavy atom. The van der Waals surface area contributed by atoms with Crippen molar-refractivity contribution in [2.75, 3.05) is 0 Å². The summed E-state index contributed by atoms with van der Waals surface area (Å²) in [5.74, 6) is 0.341. The van der Waals surface area contributed by atoms with Gasteiger partial charge in [0.1, 0.15) is 5.78 Å². The van der Waals surface area contributed by atoms with Crippen LogP contribution in [0.3, 0.4) is 0 Å². The van der Waals surface area contributed by atoms with Crippen LogP contribution in [0.1, 0.15) is 36.8 Å². The van der Waals surface area contributed by atoms with Gasteiger partial charge in [-0.3, -0.25) is 4.79 Å². The van der Waals surface area contributed by atoms with Gasteiger partial charge >= 0.3 is 0 Å². The first-order valence-corrected chi connectivity index (χ1v) is 7.62. The molecular formula is C20H22O. The second kappa shape index (κ2) is 8.91. The van der Waals surface area contributed by atoms with E-state index in [9.17, 15) is 4.79 Å².